The van der Waals surface area contributed by atoms with Crippen molar-refractivity contribution in [1.29, 1.82) is 0 Å². The van der Waals surface area contributed by atoms with Crippen LogP contribution in [-0.4, -0.2) is 26.8 Å². The topological polar surface area (TPSA) is 83.0 Å². The molecule has 5 heteroatoms. The first-order chi connectivity index (χ1) is 8.13. The number of ketones is 1. The summed E-state index contributed by atoms with van der Waals surface area (Å²) in [5.41, 5.74) is 0.723. The molecule has 5 nitrogen and oxygen atoms in total. The number of hydrogen-bond acceptors (Lipinski definition) is 3. The molecule has 17 heavy (non-hydrogen) atoms. The van der Waals surface area contributed by atoms with E-state index in [1.165, 1.54) is 12.4 Å². The molecule has 1 rings (SSSR count). The third-order valence-corrected chi connectivity index (χ3v) is 2.40. The van der Waals surface area contributed by atoms with Crippen molar-refractivity contribution in [2.45, 2.75) is 26.2 Å². The van der Waals surface area contributed by atoms with E-state index in [9.17, 15) is 9.59 Å². The average Bonchev–Trinajstić information content (AvgIpc) is 2.78. The Hall–Kier alpha value is -1.91. The average molecular weight is 236 g/mol. The summed E-state index contributed by atoms with van der Waals surface area (Å²) in [6.07, 6.45) is 7.42. The second-order valence-electron chi connectivity index (χ2n) is 3.83. The van der Waals surface area contributed by atoms with Gasteiger partial charge in [-0.1, -0.05) is 13.3 Å². The third kappa shape index (κ3) is 4.63. The largest absolute Gasteiger partial charge is 0.481 e. The van der Waals surface area contributed by atoms with Gasteiger partial charge < -0.3 is 10.1 Å². The highest BCUT2D eigenvalue weighted by Crippen LogP contribution is 2.12. The van der Waals surface area contributed by atoms with Crippen LogP contribution in [0.1, 0.15) is 31.9 Å². The van der Waals surface area contributed by atoms with Gasteiger partial charge >= 0.3 is 5.97 Å². The molecule has 0 radical (unpaired) electrons. The Labute approximate surface area is 99.6 Å². The van der Waals surface area contributed by atoms with Crippen LogP contribution in [0.2, 0.25) is 0 Å². The molecular formula is C12H16N2O3. The number of imidazole rings is 1. The van der Waals surface area contributed by atoms with Crippen molar-refractivity contribution in [3.8, 4) is 0 Å². The van der Waals surface area contributed by atoms with Crippen LogP contribution in [0.25, 0.3) is 6.08 Å². The number of aromatic nitrogens is 2. The molecule has 0 aliphatic rings. The standard InChI is InChI=1S/C12H16N2O3/c1-2-3-9(12(16)17)6-11(15)5-4-10-7-13-8-14-10/h4-5,7-9H,2-3,6H2,1H3,(H,13,14)(H,16,17)/b5-4+. The Morgan fingerprint density at radius 2 is 2.35 bits per heavy atom. The molecular weight excluding hydrogens is 220 g/mol. The number of carboxylic acid groups (broad SMARTS) is 1. The second kappa shape index (κ2) is 6.62. The predicted molar refractivity (Wildman–Crippen MR) is 63.3 cm³/mol. The van der Waals surface area contributed by atoms with Gasteiger partial charge in [0.05, 0.1) is 24.1 Å². The van der Waals surface area contributed by atoms with Crippen molar-refractivity contribution >= 4 is 17.8 Å². The summed E-state index contributed by atoms with van der Waals surface area (Å²) < 4.78 is 0. The lowest BCUT2D eigenvalue weighted by molar-refractivity contribution is -0.143. The zero-order chi connectivity index (χ0) is 12.7. The van der Waals surface area contributed by atoms with E-state index in [2.05, 4.69) is 9.97 Å². The van der Waals surface area contributed by atoms with Gasteiger partial charge in [0.2, 0.25) is 0 Å². The number of carbonyl (C=O) groups excluding carboxylic acids is 1. The zero-order valence-electron chi connectivity index (χ0n) is 9.72. The summed E-state index contributed by atoms with van der Waals surface area (Å²) in [4.78, 5) is 29.0. The Balaban J connectivity index is 2.50. The maximum atomic E-state index is 11.5. The van der Waals surface area contributed by atoms with Gasteiger partial charge in [0.15, 0.2) is 5.78 Å². The number of nitrogens with zero attached hydrogens (tertiary/aromatic N) is 1. The summed E-state index contributed by atoms with van der Waals surface area (Å²) in [6, 6.07) is 0. The number of carbonyl (C=O) groups is 2. The van der Waals surface area contributed by atoms with Gasteiger partial charge in [-0.2, -0.15) is 0 Å². The molecule has 1 atom stereocenters. The molecule has 92 valence electrons. The molecule has 0 saturated carbocycles. The lowest BCUT2D eigenvalue weighted by Crippen LogP contribution is -2.16. The normalized spacial score (nSPS) is 12.8. The number of aromatic amines is 1. The van der Waals surface area contributed by atoms with E-state index in [0.29, 0.717) is 6.42 Å². The molecule has 1 unspecified atom stereocenters. The van der Waals surface area contributed by atoms with Gasteiger partial charge in [0.1, 0.15) is 0 Å². The monoisotopic (exact) mass is 236 g/mol. The number of aliphatic carboxylic acids is 1. The molecule has 0 saturated heterocycles. The lowest BCUT2D eigenvalue weighted by Gasteiger charge is -2.07. The molecule has 0 aromatic carbocycles. The van der Waals surface area contributed by atoms with E-state index in [1.54, 1.807) is 12.3 Å². The van der Waals surface area contributed by atoms with Gasteiger partial charge in [-0.15, -0.1) is 0 Å². The quantitative estimate of drug-likeness (QED) is 0.708. The highest BCUT2D eigenvalue weighted by Gasteiger charge is 2.18. The fourth-order valence-corrected chi connectivity index (χ4v) is 1.51. The van der Waals surface area contributed by atoms with Crippen LogP contribution in [0.4, 0.5) is 0 Å². The first kappa shape index (κ1) is 13.2. The molecule has 1 heterocycles. The Morgan fingerprint density at radius 3 is 2.88 bits per heavy atom. The number of carboxylic acids is 1. The summed E-state index contributed by atoms with van der Waals surface area (Å²) in [5, 5.41) is 8.91. The Morgan fingerprint density at radius 1 is 1.59 bits per heavy atom. The number of nitrogens with one attached hydrogen (secondary N) is 1. The first-order valence-corrected chi connectivity index (χ1v) is 5.55. The lowest BCUT2D eigenvalue weighted by atomic mass is 9.97. The minimum absolute atomic E-state index is 0.0494. The molecule has 2 N–H and O–H groups in total. The maximum absolute atomic E-state index is 11.5. The van der Waals surface area contributed by atoms with E-state index in [4.69, 9.17) is 5.11 Å². The van der Waals surface area contributed by atoms with E-state index >= 15 is 0 Å². The minimum Gasteiger partial charge on any atom is -0.481 e. The third-order valence-electron chi connectivity index (χ3n) is 2.40. The summed E-state index contributed by atoms with van der Waals surface area (Å²) in [7, 11) is 0. The molecule has 1 aromatic rings. The van der Waals surface area contributed by atoms with Crippen molar-refractivity contribution in [1.82, 2.24) is 9.97 Å². The van der Waals surface area contributed by atoms with Gasteiger partial charge in [-0.25, -0.2) is 4.98 Å². The van der Waals surface area contributed by atoms with Crippen molar-refractivity contribution < 1.29 is 14.7 Å². The molecule has 0 aliphatic heterocycles. The molecule has 0 amide bonds. The van der Waals surface area contributed by atoms with Crippen LogP contribution in [-0.2, 0) is 9.59 Å². The van der Waals surface area contributed by atoms with Crippen LogP contribution in [0.15, 0.2) is 18.6 Å². The second-order valence-corrected chi connectivity index (χ2v) is 3.83. The highest BCUT2D eigenvalue weighted by molar-refractivity contribution is 5.95. The first-order valence-electron chi connectivity index (χ1n) is 5.55. The highest BCUT2D eigenvalue weighted by atomic mass is 16.4. The van der Waals surface area contributed by atoms with Crippen molar-refractivity contribution in [2.75, 3.05) is 0 Å². The smallest absolute Gasteiger partial charge is 0.306 e. The van der Waals surface area contributed by atoms with E-state index in [-0.39, 0.29) is 12.2 Å². The molecule has 0 fully saturated rings. The summed E-state index contributed by atoms with van der Waals surface area (Å²) in [6.45, 7) is 1.90. The SMILES string of the molecule is CCCC(CC(=O)/C=C/c1cnc[nH]1)C(=O)O. The van der Waals surface area contributed by atoms with E-state index in [0.717, 1.165) is 12.1 Å². The fourth-order valence-electron chi connectivity index (χ4n) is 1.51. The molecule has 0 bridgehead atoms. The fraction of sp³-hybridized carbons (Fsp3) is 0.417. The minimum atomic E-state index is -0.907. The number of allylic oxidation sites excluding steroid dienone is 1. The maximum Gasteiger partial charge on any atom is 0.306 e. The van der Waals surface area contributed by atoms with Crippen LogP contribution >= 0.6 is 0 Å². The molecule has 0 spiro atoms. The number of rotatable bonds is 7. The van der Waals surface area contributed by atoms with Crippen LogP contribution in [0, 0.1) is 5.92 Å². The van der Waals surface area contributed by atoms with Gasteiger partial charge in [-0.3, -0.25) is 9.59 Å². The summed E-state index contributed by atoms with van der Waals surface area (Å²) >= 11 is 0. The van der Waals surface area contributed by atoms with Crippen molar-refractivity contribution in [3.63, 3.8) is 0 Å². The summed E-state index contributed by atoms with van der Waals surface area (Å²) in [5.74, 6) is -1.67. The predicted octanol–water partition coefficient (Wildman–Crippen LogP) is 1.88. The van der Waals surface area contributed by atoms with Crippen LogP contribution in [0.5, 0.6) is 0 Å². The van der Waals surface area contributed by atoms with E-state index in [1.807, 2.05) is 6.92 Å². The Kier molecular flexibility index (Phi) is 5.13. The zero-order valence-corrected chi connectivity index (χ0v) is 9.72. The van der Waals surface area contributed by atoms with Crippen LogP contribution < -0.4 is 0 Å². The van der Waals surface area contributed by atoms with Crippen molar-refractivity contribution in [2.24, 2.45) is 5.92 Å². The van der Waals surface area contributed by atoms with E-state index < -0.39 is 11.9 Å². The molecule has 1 aromatic heterocycles. The van der Waals surface area contributed by atoms with Gasteiger partial charge in [-0.05, 0) is 18.6 Å². The molecule has 0 aliphatic carbocycles. The number of hydrogen-bond donors (Lipinski definition) is 2. The van der Waals surface area contributed by atoms with Gasteiger partial charge in [0, 0.05) is 6.42 Å². The Bertz CT molecular complexity index is 396. The van der Waals surface area contributed by atoms with Crippen molar-refractivity contribution in [3.05, 3.63) is 24.3 Å². The van der Waals surface area contributed by atoms with Crippen LogP contribution in [0.3, 0.4) is 0 Å². The number of H-pyrrole nitrogens is 1. The van der Waals surface area contributed by atoms with Gasteiger partial charge in [0.25, 0.3) is 0 Å².